The molecule has 0 aliphatic carbocycles. The van der Waals surface area contributed by atoms with Gasteiger partial charge in [0.15, 0.2) is 0 Å². The Hall–Kier alpha value is -2.62. The number of benzene rings is 1. The maximum absolute atomic E-state index is 5.99. The third-order valence-electron chi connectivity index (χ3n) is 4.93. The lowest BCUT2D eigenvalue weighted by atomic mass is 9.74. The van der Waals surface area contributed by atoms with E-state index in [9.17, 15) is 0 Å². The van der Waals surface area contributed by atoms with Crippen LogP contribution in [0.5, 0.6) is 5.75 Å². The van der Waals surface area contributed by atoms with Gasteiger partial charge in [-0.05, 0) is 36.2 Å². The minimum Gasteiger partial charge on any atom is -0.493 e. The van der Waals surface area contributed by atoms with Crippen LogP contribution in [0.4, 0.5) is 5.82 Å². The van der Waals surface area contributed by atoms with E-state index in [2.05, 4.69) is 39.1 Å². The van der Waals surface area contributed by atoms with E-state index in [4.69, 9.17) is 4.74 Å². The third-order valence-corrected chi connectivity index (χ3v) is 4.93. The first-order valence-electron chi connectivity index (χ1n) is 7.98. The fourth-order valence-electron chi connectivity index (χ4n) is 3.83. The lowest BCUT2D eigenvalue weighted by Crippen LogP contribution is -2.61. The van der Waals surface area contributed by atoms with E-state index >= 15 is 0 Å². The summed E-state index contributed by atoms with van der Waals surface area (Å²) >= 11 is 0. The number of hydrogen-bond acceptors (Lipinski definition) is 4. The predicted molar refractivity (Wildman–Crippen MR) is 89.8 cm³/mol. The Bertz CT molecular complexity index is 881. The van der Waals surface area contributed by atoms with Crippen molar-refractivity contribution in [3.63, 3.8) is 0 Å². The van der Waals surface area contributed by atoms with Crippen molar-refractivity contribution >= 4 is 16.7 Å². The molecule has 114 valence electrons. The summed E-state index contributed by atoms with van der Waals surface area (Å²) in [7, 11) is 0. The SMILES string of the molecule is c1ccc2c(c1)CC1(CO2)CN(c2nccc3ncccc23)C1. The molecule has 0 atom stereocenters. The van der Waals surface area contributed by atoms with Crippen LogP contribution in [0.3, 0.4) is 0 Å². The molecular weight excluding hydrogens is 286 g/mol. The van der Waals surface area contributed by atoms with Crippen LogP contribution in [0, 0.1) is 5.41 Å². The van der Waals surface area contributed by atoms with E-state index < -0.39 is 0 Å². The normalized spacial score (nSPS) is 18.3. The van der Waals surface area contributed by atoms with Crippen molar-refractivity contribution in [1.82, 2.24) is 9.97 Å². The van der Waals surface area contributed by atoms with Gasteiger partial charge in [-0.2, -0.15) is 0 Å². The van der Waals surface area contributed by atoms with E-state index in [-0.39, 0.29) is 5.41 Å². The highest BCUT2D eigenvalue weighted by atomic mass is 16.5. The van der Waals surface area contributed by atoms with Crippen LogP contribution in [0.15, 0.2) is 54.9 Å². The van der Waals surface area contributed by atoms with E-state index in [1.54, 1.807) is 0 Å². The first-order valence-corrected chi connectivity index (χ1v) is 7.98. The van der Waals surface area contributed by atoms with Crippen LogP contribution in [-0.4, -0.2) is 29.7 Å². The maximum Gasteiger partial charge on any atom is 0.138 e. The number of pyridine rings is 2. The topological polar surface area (TPSA) is 38.2 Å². The van der Waals surface area contributed by atoms with E-state index in [0.29, 0.717) is 0 Å². The van der Waals surface area contributed by atoms with Crippen molar-refractivity contribution < 1.29 is 4.74 Å². The largest absolute Gasteiger partial charge is 0.493 e. The molecule has 0 radical (unpaired) electrons. The van der Waals surface area contributed by atoms with Crippen molar-refractivity contribution in [3.8, 4) is 5.75 Å². The second-order valence-electron chi connectivity index (χ2n) is 6.63. The van der Waals surface area contributed by atoms with Gasteiger partial charge in [-0.3, -0.25) is 4.98 Å². The number of ether oxygens (including phenoxy) is 1. The lowest BCUT2D eigenvalue weighted by molar-refractivity contribution is 0.0876. The molecule has 23 heavy (non-hydrogen) atoms. The molecule has 1 fully saturated rings. The summed E-state index contributed by atoms with van der Waals surface area (Å²) in [6.07, 6.45) is 4.76. The fourth-order valence-corrected chi connectivity index (χ4v) is 3.83. The molecule has 2 aliphatic rings. The van der Waals surface area contributed by atoms with Crippen molar-refractivity contribution in [3.05, 3.63) is 60.4 Å². The molecule has 2 aromatic heterocycles. The van der Waals surface area contributed by atoms with Crippen LogP contribution in [-0.2, 0) is 6.42 Å². The van der Waals surface area contributed by atoms with E-state index in [1.165, 1.54) is 5.56 Å². The van der Waals surface area contributed by atoms with Crippen LogP contribution in [0.1, 0.15) is 5.56 Å². The zero-order valence-electron chi connectivity index (χ0n) is 12.8. The molecule has 5 rings (SSSR count). The average Bonchev–Trinajstić information content (AvgIpc) is 2.59. The molecule has 0 unspecified atom stereocenters. The minimum absolute atomic E-state index is 0.223. The number of anilines is 1. The van der Waals surface area contributed by atoms with Crippen LogP contribution >= 0.6 is 0 Å². The fraction of sp³-hybridized carbons (Fsp3) is 0.263. The molecule has 3 aromatic rings. The summed E-state index contributed by atoms with van der Waals surface area (Å²) in [5, 5.41) is 1.13. The molecule has 0 saturated carbocycles. The Morgan fingerprint density at radius 2 is 1.87 bits per heavy atom. The number of rotatable bonds is 1. The van der Waals surface area contributed by atoms with Crippen molar-refractivity contribution in [2.45, 2.75) is 6.42 Å². The number of nitrogens with zero attached hydrogens (tertiary/aromatic N) is 3. The van der Waals surface area contributed by atoms with E-state index in [1.807, 2.05) is 30.6 Å². The number of aromatic nitrogens is 2. The predicted octanol–water partition coefficient (Wildman–Crippen LogP) is 3.07. The van der Waals surface area contributed by atoms with Gasteiger partial charge < -0.3 is 9.64 Å². The summed E-state index contributed by atoms with van der Waals surface area (Å²) in [5.41, 5.74) is 2.55. The highest BCUT2D eigenvalue weighted by Crippen LogP contribution is 2.43. The molecule has 0 N–H and O–H groups in total. The Morgan fingerprint density at radius 3 is 2.83 bits per heavy atom. The van der Waals surface area contributed by atoms with Gasteiger partial charge in [-0.25, -0.2) is 4.98 Å². The zero-order valence-corrected chi connectivity index (χ0v) is 12.8. The Kier molecular flexibility index (Phi) is 2.62. The molecule has 4 heterocycles. The Balaban J connectivity index is 1.43. The Labute approximate surface area is 134 Å². The zero-order chi connectivity index (χ0) is 15.3. The van der Waals surface area contributed by atoms with Crippen LogP contribution in [0.25, 0.3) is 10.9 Å². The lowest BCUT2D eigenvalue weighted by Gasteiger charge is -2.52. The van der Waals surface area contributed by atoms with Gasteiger partial charge in [0, 0.05) is 36.3 Å². The monoisotopic (exact) mass is 303 g/mol. The van der Waals surface area contributed by atoms with Crippen molar-refractivity contribution in [2.75, 3.05) is 24.6 Å². The highest BCUT2D eigenvalue weighted by molar-refractivity contribution is 5.89. The van der Waals surface area contributed by atoms with E-state index in [0.717, 1.165) is 48.6 Å². The molecule has 1 aromatic carbocycles. The second kappa shape index (κ2) is 4.69. The smallest absolute Gasteiger partial charge is 0.138 e. The summed E-state index contributed by atoms with van der Waals surface area (Å²) in [5.74, 6) is 2.09. The summed E-state index contributed by atoms with van der Waals surface area (Å²) in [6.45, 7) is 2.77. The molecule has 4 nitrogen and oxygen atoms in total. The third kappa shape index (κ3) is 1.98. The van der Waals surface area contributed by atoms with Gasteiger partial charge in [0.2, 0.25) is 0 Å². The number of fused-ring (bicyclic) bond motifs is 2. The number of para-hydroxylation sites is 1. The molecule has 2 aliphatic heterocycles. The van der Waals surface area contributed by atoms with Gasteiger partial charge in [0.05, 0.1) is 12.1 Å². The maximum atomic E-state index is 5.99. The quantitative estimate of drug-likeness (QED) is 0.692. The highest BCUT2D eigenvalue weighted by Gasteiger charge is 2.47. The molecular formula is C19H17N3O. The van der Waals surface area contributed by atoms with Gasteiger partial charge in [0.1, 0.15) is 11.6 Å². The molecule has 0 amide bonds. The molecule has 4 heteroatoms. The first-order chi connectivity index (χ1) is 11.3. The molecule has 1 spiro atoms. The standard InChI is InChI=1S/C19H17N3O/c1-2-6-17-14(4-1)10-19(13-23-17)11-22(12-19)18-15-5-3-8-20-16(15)7-9-21-18/h1-9H,10-13H2. The molecule has 1 saturated heterocycles. The number of hydrogen-bond donors (Lipinski definition) is 0. The van der Waals surface area contributed by atoms with Crippen molar-refractivity contribution in [1.29, 1.82) is 0 Å². The van der Waals surface area contributed by atoms with Gasteiger partial charge >= 0.3 is 0 Å². The summed E-state index contributed by atoms with van der Waals surface area (Å²) < 4.78 is 5.99. The molecule has 0 bridgehead atoms. The average molecular weight is 303 g/mol. The van der Waals surface area contributed by atoms with Gasteiger partial charge in [0.25, 0.3) is 0 Å². The van der Waals surface area contributed by atoms with Gasteiger partial charge in [-0.15, -0.1) is 0 Å². The van der Waals surface area contributed by atoms with Gasteiger partial charge in [-0.1, -0.05) is 18.2 Å². The second-order valence-corrected chi connectivity index (χ2v) is 6.63. The summed E-state index contributed by atoms with van der Waals surface area (Å²) in [4.78, 5) is 11.4. The Morgan fingerprint density at radius 1 is 0.957 bits per heavy atom. The summed E-state index contributed by atoms with van der Waals surface area (Å²) in [6, 6.07) is 14.4. The first kappa shape index (κ1) is 12.9. The van der Waals surface area contributed by atoms with Crippen molar-refractivity contribution in [2.24, 2.45) is 5.41 Å². The van der Waals surface area contributed by atoms with Crippen LogP contribution < -0.4 is 9.64 Å². The van der Waals surface area contributed by atoms with Crippen LogP contribution in [0.2, 0.25) is 0 Å². The minimum atomic E-state index is 0.223.